The molecule has 0 unspecified atom stereocenters. The highest BCUT2D eigenvalue weighted by Gasteiger charge is 2.11. The second-order valence-electron chi connectivity index (χ2n) is 7.23. The second kappa shape index (κ2) is 12.5. The minimum atomic E-state index is -1.63. The van der Waals surface area contributed by atoms with Gasteiger partial charge in [-0.15, -0.1) is 9.21 Å². The Kier molecular flexibility index (Phi) is 10.0. The van der Waals surface area contributed by atoms with Crippen LogP contribution >= 0.6 is 20.5 Å². The Morgan fingerprint density at radius 3 is 2.71 bits per heavy atom. The number of unbranched alkanes of at least 4 members (excludes halogenated alkanes) is 1. The largest absolute Gasteiger partial charge is 0.371 e. The van der Waals surface area contributed by atoms with E-state index in [-0.39, 0.29) is 0 Å². The lowest BCUT2D eigenvalue weighted by Crippen LogP contribution is -2.22. The van der Waals surface area contributed by atoms with E-state index in [1.165, 1.54) is 10.5 Å². The van der Waals surface area contributed by atoms with Crippen LogP contribution in [-0.4, -0.2) is 42.4 Å². The fraction of sp³-hybridized carbons (Fsp3) is 0.375. The summed E-state index contributed by atoms with van der Waals surface area (Å²) in [5, 5.41) is 7.27. The van der Waals surface area contributed by atoms with Crippen LogP contribution in [0.25, 0.3) is 0 Å². The third kappa shape index (κ3) is 7.36. The van der Waals surface area contributed by atoms with E-state index in [4.69, 9.17) is 0 Å². The average molecular weight is 458 g/mol. The SMILES string of the molecule is C=N/C(=C\C(=NCCCC)NCC)Nc1ncc(S(=C)(=C)c2cccc(CCC)c2)s1. The maximum atomic E-state index is 4.61. The molecule has 0 aliphatic heterocycles. The summed E-state index contributed by atoms with van der Waals surface area (Å²) in [6.45, 7) is 11.7. The van der Waals surface area contributed by atoms with Crippen molar-refractivity contribution in [2.75, 3.05) is 18.4 Å². The lowest BCUT2D eigenvalue weighted by Gasteiger charge is -2.14. The number of hydrogen-bond acceptors (Lipinski definition) is 5. The Labute approximate surface area is 191 Å². The van der Waals surface area contributed by atoms with Gasteiger partial charge in [-0.1, -0.05) is 61.9 Å². The van der Waals surface area contributed by atoms with Crippen LogP contribution in [0.1, 0.15) is 45.6 Å². The highest BCUT2D eigenvalue weighted by molar-refractivity contribution is 8.29. The summed E-state index contributed by atoms with van der Waals surface area (Å²) in [6.07, 6.45) is 8.09. The van der Waals surface area contributed by atoms with Gasteiger partial charge in [-0.25, -0.2) is 9.98 Å². The molecule has 0 saturated carbocycles. The summed E-state index contributed by atoms with van der Waals surface area (Å²) < 4.78 is 1.07. The third-order valence-corrected chi connectivity index (χ3v) is 8.53. The molecule has 2 N–H and O–H groups in total. The summed E-state index contributed by atoms with van der Waals surface area (Å²) in [4.78, 5) is 14.4. The number of benzene rings is 1. The topological polar surface area (TPSA) is 61.7 Å². The van der Waals surface area contributed by atoms with E-state index < -0.39 is 9.21 Å². The maximum Gasteiger partial charge on any atom is 0.189 e. The van der Waals surface area contributed by atoms with Gasteiger partial charge in [0.2, 0.25) is 0 Å². The van der Waals surface area contributed by atoms with Crippen LogP contribution < -0.4 is 10.6 Å². The highest BCUT2D eigenvalue weighted by Crippen LogP contribution is 2.45. The minimum absolute atomic E-state index is 0.607. The van der Waals surface area contributed by atoms with Crippen molar-refractivity contribution in [2.45, 2.75) is 55.6 Å². The normalized spacial score (nSPS) is 12.6. The van der Waals surface area contributed by atoms with Crippen molar-refractivity contribution in [1.82, 2.24) is 10.3 Å². The Morgan fingerprint density at radius 1 is 1.23 bits per heavy atom. The second-order valence-corrected chi connectivity index (χ2v) is 11.2. The molecule has 7 heteroatoms. The number of hydrogen-bond donors (Lipinski definition) is 2. The van der Waals surface area contributed by atoms with Gasteiger partial charge < -0.3 is 10.6 Å². The zero-order valence-corrected chi connectivity index (χ0v) is 20.6. The number of nitrogens with one attached hydrogen (secondary N) is 2. The lowest BCUT2D eigenvalue weighted by molar-refractivity contribution is 0.801. The van der Waals surface area contributed by atoms with Gasteiger partial charge in [0.15, 0.2) is 5.13 Å². The Hall–Kier alpha value is -2.38. The predicted molar refractivity (Wildman–Crippen MR) is 143 cm³/mol. The molecule has 0 aliphatic carbocycles. The molecular weight excluding hydrogens is 422 g/mol. The molecule has 0 spiro atoms. The number of rotatable bonds is 12. The minimum Gasteiger partial charge on any atom is -0.371 e. The Balaban J connectivity index is 2.23. The maximum absolute atomic E-state index is 4.61. The zero-order chi connectivity index (χ0) is 22.7. The van der Waals surface area contributed by atoms with Crippen LogP contribution in [0.2, 0.25) is 0 Å². The summed E-state index contributed by atoms with van der Waals surface area (Å²) in [5.74, 6) is 10.4. The first-order chi connectivity index (χ1) is 14.9. The first kappa shape index (κ1) is 24.9. The quantitative estimate of drug-likeness (QED) is 0.179. The van der Waals surface area contributed by atoms with Crippen LogP contribution in [0.4, 0.5) is 5.13 Å². The van der Waals surface area contributed by atoms with Gasteiger partial charge in [0, 0.05) is 24.1 Å². The molecular formula is C24H35N5S2. The van der Waals surface area contributed by atoms with Crippen molar-refractivity contribution in [3.05, 3.63) is 47.9 Å². The smallest absolute Gasteiger partial charge is 0.189 e. The lowest BCUT2D eigenvalue weighted by atomic mass is 10.1. The molecule has 5 nitrogen and oxygen atoms in total. The highest BCUT2D eigenvalue weighted by atomic mass is 32.2. The van der Waals surface area contributed by atoms with E-state index in [2.05, 4.69) is 82.2 Å². The van der Waals surface area contributed by atoms with Crippen LogP contribution in [0, 0.1) is 0 Å². The van der Waals surface area contributed by atoms with Gasteiger partial charge in [0.05, 0.1) is 10.4 Å². The molecule has 1 aromatic heterocycles. The summed E-state index contributed by atoms with van der Waals surface area (Å²) >= 11 is 1.56. The number of aliphatic imine (C=N–C) groups is 2. The molecule has 0 saturated heterocycles. The van der Waals surface area contributed by atoms with Crippen molar-refractivity contribution >= 4 is 50.0 Å². The first-order valence-electron chi connectivity index (χ1n) is 10.7. The van der Waals surface area contributed by atoms with E-state index >= 15 is 0 Å². The van der Waals surface area contributed by atoms with Crippen LogP contribution in [-0.2, 0) is 6.42 Å². The van der Waals surface area contributed by atoms with Gasteiger partial charge in [-0.2, -0.15) is 0 Å². The van der Waals surface area contributed by atoms with Crippen LogP contribution in [0.15, 0.2) is 61.4 Å². The number of aromatic nitrogens is 1. The van der Waals surface area contributed by atoms with Crippen molar-refractivity contribution in [1.29, 1.82) is 0 Å². The van der Waals surface area contributed by atoms with Crippen molar-refractivity contribution in [3.8, 4) is 0 Å². The molecule has 0 fully saturated rings. The number of aryl methyl sites for hydroxylation is 1. The number of anilines is 1. The first-order valence-corrected chi connectivity index (χ1v) is 13.5. The van der Waals surface area contributed by atoms with Crippen LogP contribution in [0.3, 0.4) is 0 Å². The number of nitrogens with zero attached hydrogens (tertiary/aromatic N) is 3. The van der Waals surface area contributed by atoms with E-state index in [9.17, 15) is 0 Å². The molecule has 0 amide bonds. The van der Waals surface area contributed by atoms with Crippen molar-refractivity contribution in [3.63, 3.8) is 0 Å². The van der Waals surface area contributed by atoms with Gasteiger partial charge in [0.25, 0.3) is 0 Å². The Morgan fingerprint density at radius 2 is 2.03 bits per heavy atom. The fourth-order valence-corrected chi connectivity index (χ4v) is 5.82. The molecule has 0 aliphatic rings. The molecule has 0 atom stereocenters. The van der Waals surface area contributed by atoms with Crippen molar-refractivity contribution in [2.24, 2.45) is 9.98 Å². The number of thiazole rings is 1. The number of amidine groups is 1. The molecule has 31 heavy (non-hydrogen) atoms. The van der Waals surface area contributed by atoms with E-state index in [1.54, 1.807) is 11.3 Å². The Bertz CT molecular complexity index is 1020. The van der Waals surface area contributed by atoms with E-state index in [1.807, 2.05) is 19.2 Å². The predicted octanol–water partition coefficient (Wildman–Crippen LogP) is 5.94. The molecule has 2 rings (SSSR count). The molecule has 168 valence electrons. The van der Waals surface area contributed by atoms with Gasteiger partial charge in [-0.3, -0.25) is 4.99 Å². The molecule has 2 aromatic rings. The summed E-state index contributed by atoms with van der Waals surface area (Å²) in [5.41, 5.74) is 1.33. The standard InChI is InChI=1S/C24H35N5S2/c1-7-10-15-27-22(26-9-3)17-21(25-4)29-24-28-18-23(30-24)31(5,6)20-14-11-13-19(16-20)12-8-2/h11,13-14,16-18H,4-10,12,15H2,1-3H3,(H,26,27)(H,28,29)/b21-17+. The van der Waals surface area contributed by atoms with Gasteiger partial charge >= 0.3 is 0 Å². The summed E-state index contributed by atoms with van der Waals surface area (Å²) in [6, 6.07) is 8.62. The molecule has 0 bridgehead atoms. The van der Waals surface area contributed by atoms with Crippen LogP contribution in [0.5, 0.6) is 0 Å². The zero-order valence-electron chi connectivity index (χ0n) is 19.0. The van der Waals surface area contributed by atoms with E-state index in [0.29, 0.717) is 5.82 Å². The third-order valence-electron chi connectivity index (χ3n) is 4.59. The fourth-order valence-electron chi connectivity index (χ4n) is 2.90. The molecule has 1 aromatic carbocycles. The molecule has 1 heterocycles. The monoisotopic (exact) mass is 457 g/mol. The van der Waals surface area contributed by atoms with E-state index in [0.717, 1.165) is 53.9 Å². The summed E-state index contributed by atoms with van der Waals surface area (Å²) in [7, 11) is -1.63. The molecule has 0 radical (unpaired) electrons. The van der Waals surface area contributed by atoms with Crippen molar-refractivity contribution < 1.29 is 0 Å². The average Bonchev–Trinajstić information content (AvgIpc) is 3.23. The van der Waals surface area contributed by atoms with Gasteiger partial charge in [-0.05, 0) is 44.2 Å². The number of likely N-dealkylation sites (N-methyl/N-ethyl adjacent to an activating group) is 1. The van der Waals surface area contributed by atoms with Gasteiger partial charge in [0.1, 0.15) is 11.7 Å².